The van der Waals surface area contributed by atoms with Gasteiger partial charge in [0.2, 0.25) is 0 Å². The zero-order valence-electron chi connectivity index (χ0n) is 15.6. The van der Waals surface area contributed by atoms with E-state index in [4.69, 9.17) is 14.2 Å². The van der Waals surface area contributed by atoms with Crippen molar-refractivity contribution in [2.45, 2.75) is 145 Å². The first-order chi connectivity index (χ1) is 11.6. The lowest BCUT2D eigenvalue weighted by Crippen LogP contribution is -2.28. The molecule has 0 spiro atoms. The standard InChI is InChI=1S/C18H30O7.9CH4/c1-6-15(20)11-16(25-14(5)19)10-13(4)24-17(21)8-7-9-23-18(22)12(2)3;;;;;;;;;/h13,15-16,20H,2,6-11H2,1,3-5H3;9*1H4. The lowest BCUT2D eigenvalue weighted by atomic mass is 10.0. The number of hydrogen-bond acceptors (Lipinski definition) is 7. The summed E-state index contributed by atoms with van der Waals surface area (Å²) in [4.78, 5) is 34.1. The molecule has 0 saturated carbocycles. The summed E-state index contributed by atoms with van der Waals surface area (Å²) in [7, 11) is 0. The van der Waals surface area contributed by atoms with Crippen molar-refractivity contribution in [3.05, 3.63) is 12.2 Å². The third-order valence-electron chi connectivity index (χ3n) is 3.37. The quantitative estimate of drug-likeness (QED) is 0.125. The summed E-state index contributed by atoms with van der Waals surface area (Å²) in [6.45, 7) is 9.97. The molecule has 0 radical (unpaired) electrons. The van der Waals surface area contributed by atoms with Crippen molar-refractivity contribution in [1.82, 2.24) is 0 Å². The van der Waals surface area contributed by atoms with Crippen molar-refractivity contribution >= 4 is 17.9 Å². The second-order valence-corrected chi connectivity index (χ2v) is 6.09. The van der Waals surface area contributed by atoms with Crippen molar-refractivity contribution in [3.63, 3.8) is 0 Å². The molecule has 7 nitrogen and oxygen atoms in total. The molecule has 3 unspecified atom stereocenters. The highest BCUT2D eigenvalue weighted by molar-refractivity contribution is 5.86. The van der Waals surface area contributed by atoms with Crippen molar-refractivity contribution in [2.24, 2.45) is 0 Å². The van der Waals surface area contributed by atoms with Crippen LogP contribution in [0, 0.1) is 0 Å². The molecule has 34 heavy (non-hydrogen) atoms. The van der Waals surface area contributed by atoms with Crippen molar-refractivity contribution in [2.75, 3.05) is 6.61 Å². The molecule has 0 aliphatic heterocycles. The van der Waals surface area contributed by atoms with E-state index >= 15 is 0 Å². The summed E-state index contributed by atoms with van der Waals surface area (Å²) in [5, 5.41) is 9.72. The molecule has 0 aliphatic carbocycles. The second kappa shape index (κ2) is 35.7. The molecule has 7 heteroatoms. The molecule has 0 amide bonds. The highest BCUT2D eigenvalue weighted by Crippen LogP contribution is 2.15. The maximum Gasteiger partial charge on any atom is 0.333 e. The summed E-state index contributed by atoms with van der Waals surface area (Å²) >= 11 is 0. The highest BCUT2D eigenvalue weighted by atomic mass is 16.6. The molecular weight excluding hydrogens is 436 g/mol. The molecule has 0 fully saturated rings. The van der Waals surface area contributed by atoms with Crippen LogP contribution in [-0.4, -0.2) is 47.9 Å². The van der Waals surface area contributed by atoms with Crippen LogP contribution in [0.2, 0.25) is 0 Å². The van der Waals surface area contributed by atoms with Gasteiger partial charge in [-0.2, -0.15) is 0 Å². The number of aliphatic hydroxyl groups is 1. The van der Waals surface area contributed by atoms with Gasteiger partial charge in [-0.05, 0) is 26.7 Å². The SMILES string of the molecule is C.C.C.C.C.C.C.C.C.C=C(C)C(=O)OCCCC(=O)OC(C)CC(CC(O)CC)OC(C)=O. The summed E-state index contributed by atoms with van der Waals surface area (Å²) in [6.07, 6.45) is 0.0909. The van der Waals surface area contributed by atoms with E-state index in [1.165, 1.54) is 6.92 Å². The topological polar surface area (TPSA) is 99.1 Å². The van der Waals surface area contributed by atoms with Gasteiger partial charge in [-0.15, -0.1) is 0 Å². The average Bonchev–Trinajstić information content (AvgIpc) is 2.49. The lowest BCUT2D eigenvalue weighted by molar-refractivity contribution is -0.155. The van der Waals surface area contributed by atoms with Crippen molar-refractivity contribution in [3.8, 4) is 0 Å². The van der Waals surface area contributed by atoms with E-state index in [9.17, 15) is 19.5 Å². The van der Waals surface area contributed by atoms with Crippen LogP contribution in [0.3, 0.4) is 0 Å². The minimum atomic E-state index is -0.574. The number of ether oxygens (including phenoxy) is 3. The van der Waals surface area contributed by atoms with E-state index in [1.807, 2.05) is 6.92 Å². The van der Waals surface area contributed by atoms with Gasteiger partial charge >= 0.3 is 17.9 Å². The van der Waals surface area contributed by atoms with Gasteiger partial charge in [0, 0.05) is 31.8 Å². The number of carbonyl (C=O) groups excluding carboxylic acids is 3. The predicted molar refractivity (Wildman–Crippen MR) is 152 cm³/mol. The molecule has 0 aromatic carbocycles. The van der Waals surface area contributed by atoms with E-state index in [0.717, 1.165) is 0 Å². The Labute approximate surface area is 215 Å². The first-order valence-electron chi connectivity index (χ1n) is 8.53. The van der Waals surface area contributed by atoms with Crippen LogP contribution < -0.4 is 0 Å². The van der Waals surface area contributed by atoms with Crippen LogP contribution in [0.1, 0.15) is 127 Å². The fraction of sp³-hybridized carbons (Fsp3) is 0.815. The summed E-state index contributed by atoms with van der Waals surface area (Å²) < 4.78 is 15.3. The van der Waals surface area contributed by atoms with Crippen molar-refractivity contribution in [1.29, 1.82) is 0 Å². The number of esters is 3. The third-order valence-corrected chi connectivity index (χ3v) is 3.37. The summed E-state index contributed by atoms with van der Waals surface area (Å²) in [6, 6.07) is 0. The van der Waals surface area contributed by atoms with E-state index in [-0.39, 0.29) is 79.9 Å². The normalized spacial score (nSPS) is 10.4. The van der Waals surface area contributed by atoms with Crippen LogP contribution in [0.5, 0.6) is 0 Å². The first kappa shape index (κ1) is 63.6. The summed E-state index contributed by atoms with van der Waals surface area (Å²) in [5.74, 6) is -1.34. The Balaban J connectivity index is -0.0000000800. The third kappa shape index (κ3) is 34.7. The van der Waals surface area contributed by atoms with Crippen LogP contribution in [0.4, 0.5) is 0 Å². The van der Waals surface area contributed by atoms with Gasteiger partial charge in [-0.3, -0.25) is 9.59 Å². The zero-order valence-corrected chi connectivity index (χ0v) is 15.6. The molecule has 0 saturated heterocycles. The van der Waals surface area contributed by atoms with Gasteiger partial charge in [0.1, 0.15) is 12.2 Å². The average molecular weight is 503 g/mol. The predicted octanol–water partition coefficient (Wildman–Crippen LogP) is 8.03. The number of rotatable bonds is 12. The van der Waals surface area contributed by atoms with Crippen LogP contribution in [0.25, 0.3) is 0 Å². The molecule has 0 bridgehead atoms. The van der Waals surface area contributed by atoms with E-state index in [1.54, 1.807) is 13.8 Å². The molecule has 0 aromatic heterocycles. The minimum absolute atomic E-state index is 0. The van der Waals surface area contributed by atoms with E-state index < -0.39 is 36.2 Å². The smallest absolute Gasteiger partial charge is 0.333 e. The fourth-order valence-corrected chi connectivity index (χ4v) is 2.10. The number of aliphatic hydroxyl groups excluding tert-OH is 1. The van der Waals surface area contributed by atoms with Gasteiger partial charge in [0.05, 0.1) is 12.7 Å². The van der Waals surface area contributed by atoms with Gasteiger partial charge in [-0.1, -0.05) is 80.3 Å². The maximum atomic E-state index is 11.8. The van der Waals surface area contributed by atoms with Gasteiger partial charge in [-0.25, -0.2) is 4.79 Å². The molecular formula is C27H66O7. The van der Waals surface area contributed by atoms with Gasteiger partial charge < -0.3 is 19.3 Å². The van der Waals surface area contributed by atoms with Gasteiger partial charge in [0.15, 0.2) is 0 Å². The number of carbonyl (C=O) groups is 3. The van der Waals surface area contributed by atoms with Gasteiger partial charge in [0.25, 0.3) is 0 Å². The largest absolute Gasteiger partial charge is 0.463 e. The molecule has 0 aliphatic rings. The van der Waals surface area contributed by atoms with E-state index in [0.29, 0.717) is 31.3 Å². The lowest BCUT2D eigenvalue weighted by Gasteiger charge is -2.23. The minimum Gasteiger partial charge on any atom is -0.463 e. The Morgan fingerprint density at radius 3 is 1.71 bits per heavy atom. The van der Waals surface area contributed by atoms with Crippen LogP contribution in [0.15, 0.2) is 12.2 Å². The molecule has 1 N–H and O–H groups in total. The zero-order chi connectivity index (χ0) is 19.4. The molecule has 0 aromatic rings. The summed E-state index contributed by atoms with van der Waals surface area (Å²) in [5.41, 5.74) is 0.307. The molecule has 0 heterocycles. The van der Waals surface area contributed by atoms with Crippen molar-refractivity contribution < 1.29 is 33.7 Å². The Morgan fingerprint density at radius 2 is 1.32 bits per heavy atom. The molecule has 216 valence electrons. The highest BCUT2D eigenvalue weighted by Gasteiger charge is 2.21. The van der Waals surface area contributed by atoms with Crippen LogP contribution >= 0.6 is 0 Å². The Morgan fingerprint density at radius 1 is 0.853 bits per heavy atom. The van der Waals surface area contributed by atoms with E-state index in [2.05, 4.69) is 6.58 Å². The Bertz CT molecular complexity index is 462. The molecule has 0 rings (SSSR count). The second-order valence-electron chi connectivity index (χ2n) is 6.09. The maximum absolute atomic E-state index is 11.8. The monoisotopic (exact) mass is 502 g/mol. The Hall–Kier alpha value is -1.89. The fourth-order valence-electron chi connectivity index (χ4n) is 2.10. The number of hydrogen-bond donors (Lipinski definition) is 1. The molecule has 3 atom stereocenters. The van der Waals surface area contributed by atoms with Crippen LogP contribution in [-0.2, 0) is 28.6 Å². The Kier molecular flexibility index (Phi) is 66.7. The first-order valence-corrected chi connectivity index (χ1v) is 8.53.